The molecule has 8 nitrogen and oxygen atoms in total. The summed E-state index contributed by atoms with van der Waals surface area (Å²) in [6.07, 6.45) is 16.8. The number of aryl methyl sites for hydroxylation is 2. The molecule has 4 aliphatic rings. The highest BCUT2D eigenvalue weighted by atomic mass is 32.2. The topological polar surface area (TPSA) is 156 Å². The maximum atomic E-state index is 13.1. The number of fused-ring (bicyclic) bond motifs is 2. The third-order valence-electron chi connectivity index (χ3n) is 13.0. The lowest BCUT2D eigenvalue weighted by Gasteiger charge is -2.27. The van der Waals surface area contributed by atoms with Crippen molar-refractivity contribution < 1.29 is 28.2 Å². The van der Waals surface area contributed by atoms with Crippen molar-refractivity contribution in [1.82, 2.24) is 0 Å². The second kappa shape index (κ2) is 18.0. The van der Waals surface area contributed by atoms with Crippen LogP contribution >= 0.6 is 22.7 Å². The first-order chi connectivity index (χ1) is 28.3. The number of aliphatic hydroxyl groups is 2. The second-order valence-electron chi connectivity index (χ2n) is 18.8. The molecule has 0 radical (unpaired) electrons. The van der Waals surface area contributed by atoms with Crippen LogP contribution in [0.4, 0.5) is 0 Å². The molecule has 2 heterocycles. The van der Waals surface area contributed by atoms with Crippen LogP contribution in [0, 0.1) is 21.4 Å². The van der Waals surface area contributed by atoms with E-state index in [9.17, 15) is 28.2 Å². The van der Waals surface area contributed by atoms with E-state index >= 15 is 0 Å². The van der Waals surface area contributed by atoms with Gasteiger partial charge in [0.1, 0.15) is 8.42 Å². The van der Waals surface area contributed by atoms with E-state index in [1.165, 1.54) is 94.6 Å². The van der Waals surface area contributed by atoms with Crippen molar-refractivity contribution in [1.29, 1.82) is 9.56 Å². The lowest BCUT2D eigenvalue weighted by molar-refractivity contribution is -0.116. The smallest absolute Gasteiger partial charge is 0.151 e. The molecule has 0 bridgehead atoms. The number of ketones is 2. The monoisotopic (exact) mass is 890 g/mol. The van der Waals surface area contributed by atoms with E-state index < -0.39 is 30.7 Å². The van der Waals surface area contributed by atoms with Crippen LogP contribution in [-0.4, -0.2) is 41.7 Å². The number of thiophene rings is 2. The summed E-state index contributed by atoms with van der Waals surface area (Å²) in [7, 11) is -6.41. The van der Waals surface area contributed by atoms with Gasteiger partial charge in [0.05, 0.1) is 42.2 Å². The van der Waals surface area contributed by atoms with Crippen LogP contribution in [-0.2, 0) is 91.6 Å². The van der Waals surface area contributed by atoms with Gasteiger partial charge < -0.3 is 10.2 Å². The fraction of sp³-hybridized carbons (Fsp3) is 0.542. The normalized spacial score (nSPS) is 18.6. The molecule has 0 spiro atoms. The Hall–Kier alpha value is -3.00. The summed E-state index contributed by atoms with van der Waals surface area (Å²) in [4.78, 5) is 27.3. The Morgan fingerprint density at radius 2 is 0.983 bits per heavy atom. The zero-order valence-corrected chi connectivity index (χ0v) is 38.9. The summed E-state index contributed by atoms with van der Waals surface area (Å²) in [5.74, 6) is 0.693. The number of nitrogens with one attached hydrogen (secondary N) is 2. The van der Waals surface area contributed by atoms with Gasteiger partial charge >= 0.3 is 0 Å². The van der Waals surface area contributed by atoms with Crippen LogP contribution in [0.5, 0.6) is 0 Å². The molecule has 0 saturated heterocycles. The highest BCUT2D eigenvalue weighted by molar-refractivity contribution is 7.95. The lowest BCUT2D eigenvalue weighted by Crippen LogP contribution is -2.20. The molecule has 2 aromatic carbocycles. The molecule has 8 rings (SSSR count). The zero-order chi connectivity index (χ0) is 43.0. The Labute approximate surface area is 365 Å². The number of hydrogen-bond donors (Lipinski definition) is 4. The standard InChI is InChI=1S/2C24H31NO3S2/c2*1-24(2,27)22-11-12-23(29-22)30(25,28)15-19(26)14-21-18(13-16-5-3-6-16)10-9-17-7-4-8-20(17)21/h2*9-12,16,25,27H,3-8,13-15H2,1-2H3/t2*30-/m10/s1. The maximum Gasteiger partial charge on any atom is 0.151 e. The zero-order valence-electron chi connectivity index (χ0n) is 35.7. The van der Waals surface area contributed by atoms with Gasteiger partial charge in [0.15, 0.2) is 11.6 Å². The van der Waals surface area contributed by atoms with Crippen LogP contribution in [0.25, 0.3) is 0 Å². The molecule has 324 valence electrons. The van der Waals surface area contributed by atoms with Gasteiger partial charge in [-0.3, -0.25) is 9.59 Å². The van der Waals surface area contributed by atoms with Crippen molar-refractivity contribution in [2.45, 2.75) is 150 Å². The van der Waals surface area contributed by atoms with Crippen molar-refractivity contribution in [3.05, 3.63) is 103 Å². The number of carbonyl (C=O) groups excluding carboxylic acids is 2. The van der Waals surface area contributed by atoms with E-state index in [2.05, 4.69) is 24.3 Å². The van der Waals surface area contributed by atoms with Crippen LogP contribution in [0.1, 0.15) is 133 Å². The van der Waals surface area contributed by atoms with Crippen LogP contribution < -0.4 is 0 Å². The molecule has 0 amide bonds. The van der Waals surface area contributed by atoms with Crippen molar-refractivity contribution in [3.63, 3.8) is 0 Å². The molecular formula is C48H62N2O6S4. The van der Waals surface area contributed by atoms with Crippen LogP contribution in [0.2, 0.25) is 0 Å². The van der Waals surface area contributed by atoms with Gasteiger partial charge in [-0.05, 0) is 160 Å². The molecule has 2 fully saturated rings. The van der Waals surface area contributed by atoms with Crippen LogP contribution in [0.3, 0.4) is 0 Å². The molecule has 0 unspecified atom stereocenters. The quantitative estimate of drug-likeness (QED) is 0.0878. The van der Waals surface area contributed by atoms with Gasteiger partial charge in [0.25, 0.3) is 0 Å². The minimum absolute atomic E-state index is 0.122. The number of rotatable bonds is 16. The highest BCUT2D eigenvalue weighted by Gasteiger charge is 2.29. The van der Waals surface area contributed by atoms with Gasteiger partial charge in [-0.25, -0.2) is 18.0 Å². The summed E-state index contributed by atoms with van der Waals surface area (Å²) >= 11 is 2.34. The van der Waals surface area contributed by atoms with Crippen LogP contribution in [0.15, 0.2) is 56.9 Å². The predicted octanol–water partition coefficient (Wildman–Crippen LogP) is 10.0. The molecule has 4 N–H and O–H groups in total. The Bertz CT molecular complexity index is 2280. The third-order valence-corrected chi connectivity index (χ3v) is 20.5. The molecule has 60 heavy (non-hydrogen) atoms. The predicted molar refractivity (Wildman–Crippen MR) is 244 cm³/mol. The van der Waals surface area contributed by atoms with Gasteiger partial charge in [-0.15, -0.1) is 22.7 Å². The van der Waals surface area contributed by atoms with Crippen molar-refractivity contribution in [2.75, 3.05) is 11.5 Å². The number of hydrogen-bond acceptors (Lipinski definition) is 10. The first-order valence-corrected chi connectivity index (χ1v) is 26.8. The first-order valence-electron chi connectivity index (χ1n) is 21.7. The fourth-order valence-corrected chi connectivity index (χ4v) is 14.6. The molecule has 12 heteroatoms. The van der Waals surface area contributed by atoms with E-state index in [1.54, 1.807) is 52.0 Å². The van der Waals surface area contributed by atoms with Gasteiger partial charge in [0, 0.05) is 22.6 Å². The van der Waals surface area contributed by atoms with Crippen molar-refractivity contribution in [2.24, 2.45) is 11.8 Å². The van der Waals surface area contributed by atoms with E-state index in [-0.39, 0.29) is 35.9 Å². The Kier molecular flexibility index (Phi) is 13.5. The lowest BCUT2D eigenvalue weighted by atomic mass is 9.79. The van der Waals surface area contributed by atoms with Crippen molar-refractivity contribution in [3.8, 4) is 0 Å². The number of carbonyl (C=O) groups is 2. The second-order valence-corrected chi connectivity index (χ2v) is 25.7. The molecule has 2 saturated carbocycles. The first kappa shape index (κ1) is 45.0. The summed E-state index contributed by atoms with van der Waals surface area (Å²) in [6, 6.07) is 15.6. The molecule has 2 aromatic heterocycles. The number of Topliss-reactive ketones (excluding diaryl/α,β-unsaturated/α-hetero) is 2. The number of benzene rings is 2. The average Bonchev–Trinajstić information content (AvgIpc) is 3.95. The maximum absolute atomic E-state index is 13.1. The highest BCUT2D eigenvalue weighted by Crippen LogP contribution is 2.38. The molecule has 4 aliphatic carbocycles. The largest absolute Gasteiger partial charge is 0.385 e. The SMILES string of the molecule is CC(C)(O)c1ccc([S@@](=N)(=O)CC(=O)Cc2c(CC3CCC3)ccc3c2CCC3)s1.CC(C)(O)c1ccc([S@](=N)(=O)CC(=O)Cc2c(CC3CCC3)ccc3c2CCC3)s1. The van der Waals surface area contributed by atoms with Gasteiger partial charge in [-0.1, -0.05) is 62.8 Å². The summed E-state index contributed by atoms with van der Waals surface area (Å²) in [6.45, 7) is 6.66. The minimum atomic E-state index is -3.20. The van der Waals surface area contributed by atoms with Crippen molar-refractivity contribution >= 4 is 53.7 Å². The third kappa shape index (κ3) is 10.6. The summed E-state index contributed by atoms with van der Waals surface area (Å²) in [5, 5.41) is 20.3. The van der Waals surface area contributed by atoms with Gasteiger partial charge in [0.2, 0.25) is 0 Å². The summed E-state index contributed by atoms with van der Waals surface area (Å²) < 4.78 is 43.6. The van der Waals surface area contributed by atoms with E-state index in [0.717, 1.165) is 74.3 Å². The summed E-state index contributed by atoms with van der Waals surface area (Å²) in [5.41, 5.74) is 8.17. The molecule has 2 atom stereocenters. The molecule has 4 aromatic rings. The van der Waals surface area contributed by atoms with Gasteiger partial charge in [-0.2, -0.15) is 0 Å². The Morgan fingerprint density at radius 1 is 0.600 bits per heavy atom. The van der Waals surface area contributed by atoms with E-state index in [4.69, 9.17) is 9.56 Å². The molecular weight excluding hydrogens is 829 g/mol. The fourth-order valence-electron chi connectivity index (χ4n) is 9.17. The molecule has 0 aliphatic heterocycles. The average molecular weight is 891 g/mol. The van der Waals surface area contributed by atoms with E-state index in [0.29, 0.717) is 18.2 Å². The van der Waals surface area contributed by atoms with E-state index in [1.807, 2.05) is 0 Å². The Balaban J connectivity index is 0.000000181. The minimum Gasteiger partial charge on any atom is -0.385 e. The Morgan fingerprint density at radius 3 is 1.30 bits per heavy atom.